The molecule has 0 bridgehead atoms. The van der Waals surface area contributed by atoms with Crippen LogP contribution in [0.4, 0.5) is 0 Å². The van der Waals surface area contributed by atoms with Crippen LogP contribution in [0.15, 0.2) is 36.8 Å². The molecule has 1 aliphatic heterocycles. The Bertz CT molecular complexity index is 1070. The summed E-state index contributed by atoms with van der Waals surface area (Å²) >= 11 is 12.2. The first-order valence-corrected chi connectivity index (χ1v) is 9.20. The Morgan fingerprint density at radius 3 is 2.89 bits per heavy atom. The zero-order valence-electron chi connectivity index (χ0n) is 15.1. The van der Waals surface area contributed by atoms with E-state index in [4.69, 9.17) is 32.7 Å². The van der Waals surface area contributed by atoms with Crippen LogP contribution in [-0.2, 0) is 0 Å². The summed E-state index contributed by atoms with van der Waals surface area (Å²) in [5, 5.41) is 3.80. The summed E-state index contributed by atoms with van der Waals surface area (Å²) in [6.07, 6.45) is 3.51. The van der Waals surface area contributed by atoms with E-state index in [1.165, 1.54) is 7.11 Å². The van der Waals surface area contributed by atoms with Gasteiger partial charge in [-0.15, -0.1) is 0 Å². The van der Waals surface area contributed by atoms with Crippen molar-refractivity contribution >= 4 is 29.1 Å². The highest BCUT2D eigenvalue weighted by atomic mass is 35.5. The summed E-state index contributed by atoms with van der Waals surface area (Å²) in [7, 11) is 1.50. The lowest BCUT2D eigenvalue weighted by Gasteiger charge is -2.13. The Hall–Kier alpha value is -2.77. The highest BCUT2D eigenvalue weighted by molar-refractivity contribution is 6.35. The maximum atomic E-state index is 12.7. The molecule has 144 valence electrons. The molecule has 3 heterocycles. The van der Waals surface area contributed by atoms with Crippen molar-refractivity contribution in [1.82, 2.24) is 19.9 Å². The summed E-state index contributed by atoms with van der Waals surface area (Å²) < 4.78 is 12.7. The molecule has 7 nitrogen and oxygen atoms in total. The number of aromatic nitrogens is 3. The number of methoxy groups -OCH3 is 1. The number of aryl methyl sites for hydroxylation is 1. The molecule has 3 aromatic rings. The van der Waals surface area contributed by atoms with E-state index in [0.717, 1.165) is 11.3 Å². The minimum absolute atomic E-state index is 0.221. The van der Waals surface area contributed by atoms with Gasteiger partial charge in [-0.25, -0.2) is 9.97 Å². The molecule has 0 saturated carbocycles. The maximum absolute atomic E-state index is 12.7. The van der Waals surface area contributed by atoms with E-state index in [-0.39, 0.29) is 24.2 Å². The Kier molecular flexibility index (Phi) is 4.87. The molecule has 1 atom stereocenters. The van der Waals surface area contributed by atoms with Crippen LogP contribution in [0.25, 0.3) is 5.69 Å². The largest absolute Gasteiger partial charge is 0.489 e. The number of pyridine rings is 1. The highest BCUT2D eigenvalue weighted by Crippen LogP contribution is 2.40. The number of ether oxygens (including phenoxy) is 2. The Labute approximate surface area is 171 Å². The number of nitrogens with one attached hydrogen (secondary N) is 1. The van der Waals surface area contributed by atoms with E-state index in [2.05, 4.69) is 15.3 Å². The number of halogens is 2. The van der Waals surface area contributed by atoms with Gasteiger partial charge < -0.3 is 19.4 Å². The minimum atomic E-state index is -0.373. The second-order valence-electron chi connectivity index (χ2n) is 6.29. The van der Waals surface area contributed by atoms with Crippen molar-refractivity contribution in [2.24, 2.45) is 0 Å². The van der Waals surface area contributed by atoms with Gasteiger partial charge >= 0.3 is 0 Å². The number of hydrogen-bond acceptors (Lipinski definition) is 5. The van der Waals surface area contributed by atoms with E-state index < -0.39 is 0 Å². The third-order valence-electron chi connectivity index (χ3n) is 4.37. The molecule has 1 amide bonds. The first kappa shape index (κ1) is 18.6. The molecular weight excluding hydrogens is 403 g/mol. The third kappa shape index (κ3) is 3.39. The summed E-state index contributed by atoms with van der Waals surface area (Å²) in [6, 6.07) is 6.36. The van der Waals surface area contributed by atoms with Crippen LogP contribution in [0.1, 0.15) is 27.8 Å². The number of amides is 1. The maximum Gasteiger partial charge on any atom is 0.270 e. The molecular formula is C19H16Cl2N4O3. The van der Waals surface area contributed by atoms with Crippen molar-refractivity contribution in [3.63, 3.8) is 0 Å². The average molecular weight is 419 g/mol. The van der Waals surface area contributed by atoms with Gasteiger partial charge in [0.05, 0.1) is 30.2 Å². The smallest absolute Gasteiger partial charge is 0.270 e. The van der Waals surface area contributed by atoms with Gasteiger partial charge in [0.15, 0.2) is 0 Å². The van der Waals surface area contributed by atoms with E-state index >= 15 is 0 Å². The SMILES string of the molecule is COc1nc(C(=O)N[C@@H]2COc3c(Cl)cc(Cl)cc32)ccc1-n1cnc(C)c1. The van der Waals surface area contributed by atoms with Crippen molar-refractivity contribution < 1.29 is 14.3 Å². The molecule has 1 aliphatic rings. The lowest BCUT2D eigenvalue weighted by molar-refractivity contribution is 0.0924. The van der Waals surface area contributed by atoms with Crippen LogP contribution in [0.5, 0.6) is 11.6 Å². The topological polar surface area (TPSA) is 78.3 Å². The molecule has 0 unspecified atom stereocenters. The molecule has 0 radical (unpaired) electrons. The van der Waals surface area contributed by atoms with Crippen LogP contribution in [0.3, 0.4) is 0 Å². The van der Waals surface area contributed by atoms with Crippen LogP contribution < -0.4 is 14.8 Å². The van der Waals surface area contributed by atoms with E-state index in [1.54, 1.807) is 35.2 Å². The summed E-state index contributed by atoms with van der Waals surface area (Å²) in [6.45, 7) is 2.16. The number of rotatable bonds is 4. The van der Waals surface area contributed by atoms with Gasteiger partial charge in [0.1, 0.15) is 23.7 Å². The van der Waals surface area contributed by atoms with Gasteiger partial charge in [-0.1, -0.05) is 23.2 Å². The van der Waals surface area contributed by atoms with Gasteiger partial charge in [0.2, 0.25) is 5.88 Å². The van der Waals surface area contributed by atoms with Gasteiger partial charge in [0.25, 0.3) is 5.91 Å². The van der Waals surface area contributed by atoms with Crippen molar-refractivity contribution in [1.29, 1.82) is 0 Å². The number of carbonyl (C=O) groups is 1. The van der Waals surface area contributed by atoms with Gasteiger partial charge in [-0.05, 0) is 31.2 Å². The molecule has 4 rings (SSSR count). The van der Waals surface area contributed by atoms with Gasteiger partial charge in [0, 0.05) is 16.8 Å². The predicted molar refractivity (Wildman–Crippen MR) is 105 cm³/mol. The summed E-state index contributed by atoms with van der Waals surface area (Å²) in [4.78, 5) is 21.3. The average Bonchev–Trinajstić information content (AvgIpc) is 3.28. The lowest BCUT2D eigenvalue weighted by atomic mass is 10.1. The van der Waals surface area contributed by atoms with Crippen LogP contribution in [-0.4, -0.2) is 34.2 Å². The molecule has 2 aromatic heterocycles. The molecule has 0 saturated heterocycles. The van der Waals surface area contributed by atoms with Crippen LogP contribution in [0, 0.1) is 6.92 Å². The number of hydrogen-bond donors (Lipinski definition) is 1. The lowest BCUT2D eigenvalue weighted by Crippen LogP contribution is -2.30. The monoisotopic (exact) mass is 418 g/mol. The minimum Gasteiger partial charge on any atom is -0.489 e. The number of imidazole rings is 1. The summed E-state index contributed by atoms with van der Waals surface area (Å²) in [5.41, 5.74) is 2.51. The molecule has 0 spiro atoms. The van der Waals surface area contributed by atoms with Crippen molar-refractivity contribution in [2.45, 2.75) is 13.0 Å². The molecule has 0 aliphatic carbocycles. The fraction of sp³-hybridized carbons (Fsp3) is 0.211. The third-order valence-corrected chi connectivity index (χ3v) is 4.87. The molecule has 1 aromatic carbocycles. The standard InChI is InChI=1S/C19H16Cl2N4O3/c1-10-7-25(9-22-10)16-4-3-14(24-19(16)27-2)18(26)23-15-8-28-17-12(15)5-11(20)6-13(17)21/h3-7,9,15H,8H2,1-2H3,(H,23,26)/t15-/m1/s1. The Morgan fingerprint density at radius 2 is 2.18 bits per heavy atom. The van der Waals surface area contributed by atoms with E-state index in [0.29, 0.717) is 27.4 Å². The summed E-state index contributed by atoms with van der Waals surface area (Å²) in [5.74, 6) is 0.496. The molecule has 28 heavy (non-hydrogen) atoms. The predicted octanol–water partition coefficient (Wildman–Crippen LogP) is 3.75. The van der Waals surface area contributed by atoms with E-state index in [1.807, 2.05) is 13.1 Å². The second kappa shape index (κ2) is 7.33. The van der Waals surface area contributed by atoms with Crippen LogP contribution >= 0.6 is 23.2 Å². The van der Waals surface area contributed by atoms with Crippen molar-refractivity contribution in [3.05, 3.63) is 63.8 Å². The Balaban J connectivity index is 1.58. The molecule has 9 heteroatoms. The zero-order valence-corrected chi connectivity index (χ0v) is 16.6. The number of carbonyl (C=O) groups excluding carboxylic acids is 1. The van der Waals surface area contributed by atoms with Gasteiger partial charge in [-0.2, -0.15) is 0 Å². The molecule has 1 N–H and O–H groups in total. The zero-order chi connectivity index (χ0) is 19.8. The van der Waals surface area contributed by atoms with Crippen molar-refractivity contribution in [2.75, 3.05) is 13.7 Å². The number of nitrogens with zero attached hydrogens (tertiary/aromatic N) is 3. The van der Waals surface area contributed by atoms with E-state index in [9.17, 15) is 4.79 Å². The normalized spacial score (nSPS) is 15.1. The van der Waals surface area contributed by atoms with Crippen LogP contribution in [0.2, 0.25) is 10.0 Å². The Morgan fingerprint density at radius 1 is 1.36 bits per heavy atom. The number of benzene rings is 1. The fourth-order valence-corrected chi connectivity index (χ4v) is 3.62. The quantitative estimate of drug-likeness (QED) is 0.697. The first-order chi connectivity index (χ1) is 13.5. The fourth-order valence-electron chi connectivity index (χ4n) is 3.06. The second-order valence-corrected chi connectivity index (χ2v) is 7.13. The number of fused-ring (bicyclic) bond motifs is 1. The van der Waals surface area contributed by atoms with Crippen molar-refractivity contribution in [3.8, 4) is 17.3 Å². The molecule has 0 fully saturated rings. The van der Waals surface area contributed by atoms with Gasteiger partial charge in [-0.3, -0.25) is 4.79 Å². The highest BCUT2D eigenvalue weighted by Gasteiger charge is 2.29. The first-order valence-electron chi connectivity index (χ1n) is 8.45.